The summed E-state index contributed by atoms with van der Waals surface area (Å²) in [4.78, 5) is 22.9. The third-order valence-corrected chi connectivity index (χ3v) is 9.31. The third-order valence-electron chi connectivity index (χ3n) is 9.31. The first kappa shape index (κ1) is 19.2. The highest BCUT2D eigenvalue weighted by Gasteiger charge is 2.59. The van der Waals surface area contributed by atoms with Crippen LogP contribution in [0.15, 0.2) is 11.6 Å². The van der Waals surface area contributed by atoms with E-state index in [1.165, 1.54) is 45.3 Å². The van der Waals surface area contributed by atoms with Gasteiger partial charge in [-0.2, -0.15) is 0 Å². The molecule has 0 heterocycles. The van der Waals surface area contributed by atoms with Gasteiger partial charge in [-0.25, -0.2) is 0 Å². The van der Waals surface area contributed by atoms with Crippen LogP contribution in [0.2, 0.25) is 0 Å². The number of hydrogen-bond acceptors (Lipinski definition) is 3. The first-order valence-electron chi connectivity index (χ1n) is 11.1. The number of ether oxygens (including phenoxy) is 1. The molecule has 4 rings (SSSR count). The quantitative estimate of drug-likeness (QED) is 0.382. The molecule has 0 aliphatic heterocycles. The van der Waals surface area contributed by atoms with Crippen molar-refractivity contribution >= 4 is 12.3 Å². The minimum absolute atomic E-state index is 0.0801. The van der Waals surface area contributed by atoms with Crippen molar-refractivity contribution in [1.82, 2.24) is 0 Å². The van der Waals surface area contributed by atoms with Crippen molar-refractivity contribution in [1.29, 1.82) is 0 Å². The molecule has 0 amide bonds. The van der Waals surface area contributed by atoms with Gasteiger partial charge in [0, 0.05) is 19.3 Å². The molecule has 8 atom stereocenters. The van der Waals surface area contributed by atoms with Gasteiger partial charge in [0.15, 0.2) is 0 Å². The van der Waals surface area contributed by atoms with Gasteiger partial charge in [-0.05, 0) is 79.4 Å². The molecule has 0 aromatic carbocycles. The molecule has 4 aliphatic rings. The summed E-state index contributed by atoms with van der Waals surface area (Å²) in [5.74, 6) is 2.92. The van der Waals surface area contributed by atoms with Gasteiger partial charge in [-0.15, -0.1) is 0 Å². The van der Waals surface area contributed by atoms with Crippen molar-refractivity contribution < 1.29 is 14.3 Å². The number of hydrogen-bond donors (Lipinski definition) is 0. The molecule has 3 heteroatoms. The second-order valence-corrected chi connectivity index (χ2v) is 10.5. The van der Waals surface area contributed by atoms with Crippen LogP contribution in [0.25, 0.3) is 0 Å². The predicted molar refractivity (Wildman–Crippen MR) is 106 cm³/mol. The monoisotopic (exact) mass is 372 g/mol. The van der Waals surface area contributed by atoms with E-state index in [9.17, 15) is 9.59 Å². The number of esters is 1. The summed E-state index contributed by atoms with van der Waals surface area (Å²) >= 11 is 0. The van der Waals surface area contributed by atoms with E-state index in [2.05, 4.69) is 26.8 Å². The fourth-order valence-electron chi connectivity index (χ4n) is 7.96. The highest BCUT2D eigenvalue weighted by Crippen LogP contribution is 2.67. The first-order valence-corrected chi connectivity index (χ1v) is 11.1. The molecule has 27 heavy (non-hydrogen) atoms. The summed E-state index contributed by atoms with van der Waals surface area (Å²) < 4.78 is 5.55. The average Bonchev–Trinajstić information content (AvgIpc) is 2.98. The Morgan fingerprint density at radius 1 is 1.19 bits per heavy atom. The van der Waals surface area contributed by atoms with E-state index in [0.29, 0.717) is 11.3 Å². The molecule has 0 bridgehead atoms. The lowest BCUT2D eigenvalue weighted by Gasteiger charge is -2.58. The van der Waals surface area contributed by atoms with Crippen molar-refractivity contribution in [3.63, 3.8) is 0 Å². The summed E-state index contributed by atoms with van der Waals surface area (Å²) in [7, 11) is 0. The molecule has 0 aromatic heterocycles. The summed E-state index contributed by atoms with van der Waals surface area (Å²) in [5.41, 5.74) is 2.19. The molecule has 3 fully saturated rings. The van der Waals surface area contributed by atoms with Crippen molar-refractivity contribution in [2.45, 2.75) is 85.2 Å². The molecule has 0 radical (unpaired) electrons. The van der Waals surface area contributed by atoms with E-state index in [-0.39, 0.29) is 23.4 Å². The Bertz CT molecular complexity index is 652. The van der Waals surface area contributed by atoms with Gasteiger partial charge in [0.25, 0.3) is 0 Å². The normalized spacial score (nSPS) is 47.1. The van der Waals surface area contributed by atoms with Gasteiger partial charge in [-0.3, -0.25) is 4.79 Å². The Labute approximate surface area is 164 Å². The number of aldehydes is 1. The number of carbonyl (C=O) groups excluding carboxylic acids is 2. The topological polar surface area (TPSA) is 43.4 Å². The van der Waals surface area contributed by atoms with Crippen LogP contribution in [-0.2, 0) is 14.3 Å². The standard InChI is InChI=1S/C24H36O3/c1-15(14-25)20-7-8-21-19-6-5-17-13-18(27-16(2)26)9-11-23(17,3)22(19)10-12-24(20,21)4/h5,14-15,18-22H,6-13H2,1-4H3/t15-,18+,19+,20-,21+,22+,23+,24-/m1/s1. The average molecular weight is 373 g/mol. The van der Waals surface area contributed by atoms with Crippen LogP contribution in [0.3, 0.4) is 0 Å². The number of fused-ring (bicyclic) bond motifs is 5. The molecule has 0 N–H and O–H groups in total. The molecule has 0 saturated heterocycles. The smallest absolute Gasteiger partial charge is 0.302 e. The number of carbonyl (C=O) groups is 2. The fraction of sp³-hybridized carbons (Fsp3) is 0.833. The minimum atomic E-state index is -0.146. The van der Waals surface area contributed by atoms with Crippen LogP contribution in [0.1, 0.15) is 79.1 Å². The minimum Gasteiger partial charge on any atom is -0.462 e. The predicted octanol–water partition coefficient (Wildman–Crippen LogP) is 5.33. The maximum absolute atomic E-state index is 11.5. The molecular weight excluding hydrogens is 336 g/mol. The largest absolute Gasteiger partial charge is 0.462 e. The Morgan fingerprint density at radius 2 is 1.96 bits per heavy atom. The Morgan fingerprint density at radius 3 is 2.67 bits per heavy atom. The highest BCUT2D eigenvalue weighted by atomic mass is 16.5. The third kappa shape index (κ3) is 2.91. The SMILES string of the molecule is CC(=O)O[C@H]1CC[C@@]2(C)C(=CC[C@H]3[C@@H]4CC[C@H]([C@H](C)C=O)[C@@]4(C)CC[C@@H]32)C1. The Hall–Kier alpha value is -1.12. The van der Waals surface area contributed by atoms with Crippen molar-refractivity contribution in [2.75, 3.05) is 0 Å². The van der Waals surface area contributed by atoms with Crippen LogP contribution in [0, 0.1) is 40.4 Å². The summed E-state index contributed by atoms with van der Waals surface area (Å²) in [6.07, 6.45) is 13.2. The summed E-state index contributed by atoms with van der Waals surface area (Å²) in [6, 6.07) is 0. The van der Waals surface area contributed by atoms with E-state index in [1.807, 2.05) is 0 Å². The van der Waals surface area contributed by atoms with Crippen LogP contribution in [-0.4, -0.2) is 18.4 Å². The molecule has 4 aliphatic carbocycles. The molecule has 150 valence electrons. The highest BCUT2D eigenvalue weighted by molar-refractivity contribution is 5.66. The van der Waals surface area contributed by atoms with Crippen LogP contribution in [0.5, 0.6) is 0 Å². The van der Waals surface area contributed by atoms with Gasteiger partial charge < -0.3 is 9.53 Å². The maximum Gasteiger partial charge on any atom is 0.302 e. The van der Waals surface area contributed by atoms with Gasteiger partial charge in [0.2, 0.25) is 0 Å². The zero-order valence-corrected chi connectivity index (χ0v) is 17.5. The van der Waals surface area contributed by atoms with Crippen molar-refractivity contribution in [3.8, 4) is 0 Å². The lowest BCUT2D eigenvalue weighted by molar-refractivity contribution is -0.148. The van der Waals surface area contributed by atoms with Crippen molar-refractivity contribution in [3.05, 3.63) is 11.6 Å². The van der Waals surface area contributed by atoms with E-state index in [4.69, 9.17) is 4.74 Å². The van der Waals surface area contributed by atoms with E-state index in [0.717, 1.165) is 37.0 Å². The summed E-state index contributed by atoms with van der Waals surface area (Å²) in [6.45, 7) is 8.64. The fourth-order valence-corrected chi connectivity index (χ4v) is 7.96. The number of allylic oxidation sites excluding steroid dienone is 1. The van der Waals surface area contributed by atoms with Crippen LogP contribution in [0.4, 0.5) is 0 Å². The molecule has 0 aromatic rings. The van der Waals surface area contributed by atoms with Crippen LogP contribution >= 0.6 is 0 Å². The Kier molecular flexibility index (Phi) is 4.79. The van der Waals surface area contributed by atoms with Gasteiger partial charge >= 0.3 is 5.97 Å². The molecule has 3 saturated carbocycles. The maximum atomic E-state index is 11.5. The summed E-state index contributed by atoms with van der Waals surface area (Å²) in [5, 5.41) is 0. The molecular formula is C24H36O3. The van der Waals surface area contributed by atoms with E-state index >= 15 is 0 Å². The number of rotatable bonds is 3. The van der Waals surface area contributed by atoms with Gasteiger partial charge in [0.05, 0.1) is 0 Å². The molecule has 0 unspecified atom stereocenters. The molecule has 3 nitrogen and oxygen atoms in total. The Balaban J connectivity index is 1.57. The first-order chi connectivity index (χ1) is 12.8. The van der Waals surface area contributed by atoms with Gasteiger partial charge in [-0.1, -0.05) is 32.4 Å². The van der Waals surface area contributed by atoms with Crippen molar-refractivity contribution in [2.24, 2.45) is 40.4 Å². The van der Waals surface area contributed by atoms with Crippen LogP contribution < -0.4 is 0 Å². The molecule has 0 spiro atoms. The second kappa shape index (κ2) is 6.74. The zero-order valence-electron chi connectivity index (χ0n) is 17.5. The van der Waals surface area contributed by atoms with E-state index < -0.39 is 0 Å². The van der Waals surface area contributed by atoms with Gasteiger partial charge in [0.1, 0.15) is 12.4 Å². The zero-order chi connectivity index (χ0) is 19.4. The lowest BCUT2D eigenvalue weighted by Crippen LogP contribution is -2.51. The lowest BCUT2D eigenvalue weighted by atomic mass is 9.47. The van der Waals surface area contributed by atoms with E-state index in [1.54, 1.807) is 5.57 Å². The second-order valence-electron chi connectivity index (χ2n) is 10.5.